The smallest absolute Gasteiger partial charge is 0.442 e. The van der Waals surface area contributed by atoms with E-state index >= 15 is 0 Å². The van der Waals surface area contributed by atoms with Crippen molar-refractivity contribution in [2.24, 2.45) is 0 Å². The molecule has 1 aromatic rings. The predicted molar refractivity (Wildman–Crippen MR) is 102 cm³/mol. The van der Waals surface area contributed by atoms with Crippen LogP contribution < -0.4 is 0 Å². The number of nitrogens with zero attached hydrogens (tertiary/aromatic N) is 3. The van der Waals surface area contributed by atoms with Crippen molar-refractivity contribution in [3.05, 3.63) is 23.5 Å². The molecule has 166 valence electrons. The first-order chi connectivity index (χ1) is 13.7. The van der Waals surface area contributed by atoms with Gasteiger partial charge in [0.25, 0.3) is 0 Å². The van der Waals surface area contributed by atoms with Gasteiger partial charge in [-0.25, -0.2) is 9.59 Å². The Morgan fingerprint density at radius 1 is 1.27 bits per heavy atom. The molecule has 0 spiro atoms. The number of aromatic nitrogens is 2. The zero-order valence-electron chi connectivity index (χ0n) is 16.9. The molecule has 1 saturated heterocycles. The summed E-state index contributed by atoms with van der Waals surface area (Å²) in [6.07, 6.45) is -1.12. The van der Waals surface area contributed by atoms with Gasteiger partial charge in [0.2, 0.25) is 0 Å². The zero-order chi connectivity index (χ0) is 22.7. The molecule has 2 rings (SSSR count). The van der Waals surface area contributed by atoms with E-state index in [1.54, 1.807) is 26.8 Å². The summed E-state index contributed by atoms with van der Waals surface area (Å²) in [7, 11) is 0. The normalized spacial score (nSPS) is 19.6. The SMILES string of the molecule is CC(=O)SC1CCN(OC(=O)C(F)(F)F)C/C1=C\c1cnn(C(=O)OC(C)(C)C)c1. The largest absolute Gasteiger partial charge is 0.492 e. The van der Waals surface area contributed by atoms with Gasteiger partial charge in [-0.3, -0.25) is 4.79 Å². The number of hydroxylamine groups is 2. The van der Waals surface area contributed by atoms with Gasteiger partial charge in [0, 0.05) is 30.5 Å². The molecule has 0 bridgehead atoms. The molecule has 0 amide bonds. The number of ether oxygens (including phenoxy) is 1. The quantitative estimate of drug-likeness (QED) is 0.693. The Labute approximate surface area is 175 Å². The summed E-state index contributed by atoms with van der Waals surface area (Å²) in [5.74, 6) is -2.31. The lowest BCUT2D eigenvalue weighted by atomic mass is 10.0. The minimum absolute atomic E-state index is 0.0429. The first-order valence-electron chi connectivity index (χ1n) is 8.94. The molecule has 1 unspecified atom stereocenters. The minimum Gasteiger partial charge on any atom is -0.442 e. The summed E-state index contributed by atoms with van der Waals surface area (Å²) in [5, 5.41) is 4.36. The molecule has 0 saturated carbocycles. The van der Waals surface area contributed by atoms with E-state index in [0.717, 1.165) is 21.5 Å². The zero-order valence-corrected chi connectivity index (χ0v) is 17.7. The van der Waals surface area contributed by atoms with Crippen molar-refractivity contribution in [1.82, 2.24) is 14.8 Å². The molecule has 1 atom stereocenters. The van der Waals surface area contributed by atoms with Crippen LogP contribution >= 0.6 is 11.8 Å². The van der Waals surface area contributed by atoms with Crippen LogP contribution in [0.25, 0.3) is 6.08 Å². The maximum absolute atomic E-state index is 12.5. The van der Waals surface area contributed by atoms with Crippen LogP contribution in [0.4, 0.5) is 18.0 Å². The molecular formula is C18H22F3N3O5S. The van der Waals surface area contributed by atoms with Gasteiger partial charge in [-0.05, 0) is 32.8 Å². The second-order valence-electron chi connectivity index (χ2n) is 7.54. The van der Waals surface area contributed by atoms with E-state index in [1.807, 2.05) is 0 Å². The lowest BCUT2D eigenvalue weighted by Crippen LogP contribution is -2.41. The van der Waals surface area contributed by atoms with E-state index in [2.05, 4.69) is 9.94 Å². The molecule has 30 heavy (non-hydrogen) atoms. The van der Waals surface area contributed by atoms with E-state index < -0.39 is 23.8 Å². The Balaban J connectivity index is 2.20. The van der Waals surface area contributed by atoms with Crippen molar-refractivity contribution < 1.29 is 37.1 Å². The highest BCUT2D eigenvalue weighted by Crippen LogP contribution is 2.31. The van der Waals surface area contributed by atoms with Crippen molar-refractivity contribution in [2.45, 2.75) is 51.1 Å². The average molecular weight is 449 g/mol. The van der Waals surface area contributed by atoms with Crippen LogP contribution in [0, 0.1) is 0 Å². The van der Waals surface area contributed by atoms with Crippen LogP contribution in [0.3, 0.4) is 0 Å². The van der Waals surface area contributed by atoms with Gasteiger partial charge in [0.1, 0.15) is 5.60 Å². The Hall–Kier alpha value is -2.34. The molecule has 2 heterocycles. The summed E-state index contributed by atoms with van der Waals surface area (Å²) in [6, 6.07) is 0. The van der Waals surface area contributed by atoms with Crippen molar-refractivity contribution >= 4 is 35.0 Å². The predicted octanol–water partition coefficient (Wildman–Crippen LogP) is 3.42. The first-order valence-corrected chi connectivity index (χ1v) is 9.82. The number of alkyl halides is 3. The van der Waals surface area contributed by atoms with Gasteiger partial charge in [-0.2, -0.15) is 23.0 Å². The second-order valence-corrected chi connectivity index (χ2v) is 8.92. The standard InChI is InChI=1S/C18H22F3N3O5S/c1-11(25)30-14-5-6-23(29-15(26)18(19,20)21)10-13(14)7-12-8-22-24(9-12)16(27)28-17(2,3)4/h7-9,14H,5-6,10H2,1-4H3/b13-7+. The van der Waals surface area contributed by atoms with Crippen molar-refractivity contribution in [2.75, 3.05) is 13.1 Å². The second kappa shape index (κ2) is 9.21. The van der Waals surface area contributed by atoms with Crippen LogP contribution in [-0.2, 0) is 19.2 Å². The number of thioether (sulfide) groups is 1. The number of rotatable bonds is 3. The van der Waals surface area contributed by atoms with Gasteiger partial charge in [-0.1, -0.05) is 17.8 Å². The average Bonchev–Trinajstić information content (AvgIpc) is 3.03. The third kappa shape index (κ3) is 7.17. The summed E-state index contributed by atoms with van der Waals surface area (Å²) < 4.78 is 43.6. The van der Waals surface area contributed by atoms with Gasteiger partial charge >= 0.3 is 18.2 Å². The number of hydrogen-bond donors (Lipinski definition) is 0. The monoisotopic (exact) mass is 449 g/mol. The van der Waals surface area contributed by atoms with Gasteiger partial charge in [0.15, 0.2) is 5.12 Å². The number of halogens is 3. The van der Waals surface area contributed by atoms with Crippen LogP contribution in [0.15, 0.2) is 18.0 Å². The summed E-state index contributed by atoms with van der Waals surface area (Å²) >= 11 is 1.03. The van der Waals surface area contributed by atoms with Crippen LogP contribution in [0.1, 0.15) is 39.7 Å². The molecule has 0 radical (unpaired) electrons. The van der Waals surface area contributed by atoms with Gasteiger partial charge < -0.3 is 9.57 Å². The first kappa shape index (κ1) is 23.9. The highest BCUT2D eigenvalue weighted by Gasteiger charge is 2.43. The highest BCUT2D eigenvalue weighted by atomic mass is 32.2. The molecule has 0 aromatic carbocycles. The van der Waals surface area contributed by atoms with Crippen LogP contribution in [0.2, 0.25) is 0 Å². The Morgan fingerprint density at radius 2 is 1.93 bits per heavy atom. The Bertz CT molecular complexity index is 845. The number of carbonyl (C=O) groups excluding carboxylic acids is 3. The minimum atomic E-state index is -5.11. The molecule has 1 aliphatic heterocycles. The van der Waals surface area contributed by atoms with Crippen LogP contribution in [0.5, 0.6) is 0 Å². The molecule has 1 aliphatic rings. The Kier molecular flexibility index (Phi) is 7.35. The topological polar surface area (TPSA) is 90.7 Å². The number of carbonyl (C=O) groups is 3. The fourth-order valence-corrected chi connectivity index (χ4v) is 3.50. The number of piperidine rings is 1. The van der Waals surface area contributed by atoms with Gasteiger partial charge in [0.05, 0.1) is 12.7 Å². The van der Waals surface area contributed by atoms with Gasteiger partial charge in [-0.15, -0.1) is 5.06 Å². The van der Waals surface area contributed by atoms with Crippen molar-refractivity contribution in [1.29, 1.82) is 0 Å². The maximum Gasteiger partial charge on any atom is 0.492 e. The summed E-state index contributed by atoms with van der Waals surface area (Å²) in [5.41, 5.74) is 0.325. The molecule has 8 nitrogen and oxygen atoms in total. The molecular weight excluding hydrogens is 427 g/mol. The molecule has 1 aromatic heterocycles. The third-order valence-corrected chi connectivity index (χ3v) is 4.85. The molecule has 1 fully saturated rings. The van der Waals surface area contributed by atoms with E-state index in [1.165, 1.54) is 19.3 Å². The molecule has 12 heteroatoms. The molecule has 0 aliphatic carbocycles. The van der Waals surface area contributed by atoms with E-state index in [4.69, 9.17) is 4.74 Å². The highest BCUT2D eigenvalue weighted by molar-refractivity contribution is 8.14. The maximum atomic E-state index is 12.5. The lowest BCUT2D eigenvalue weighted by Gasteiger charge is -2.32. The van der Waals surface area contributed by atoms with E-state index in [0.29, 0.717) is 17.6 Å². The van der Waals surface area contributed by atoms with E-state index in [9.17, 15) is 27.6 Å². The fraction of sp³-hybridized carbons (Fsp3) is 0.556. The summed E-state index contributed by atoms with van der Waals surface area (Å²) in [4.78, 5) is 39.1. The fourth-order valence-electron chi connectivity index (χ4n) is 2.59. The van der Waals surface area contributed by atoms with Crippen molar-refractivity contribution in [3.63, 3.8) is 0 Å². The molecule has 0 N–H and O–H groups in total. The van der Waals surface area contributed by atoms with Crippen molar-refractivity contribution in [3.8, 4) is 0 Å². The third-order valence-electron chi connectivity index (χ3n) is 3.70. The lowest BCUT2D eigenvalue weighted by molar-refractivity contribution is -0.238. The Morgan fingerprint density at radius 3 is 2.50 bits per heavy atom. The number of hydrogen-bond acceptors (Lipinski definition) is 8. The van der Waals surface area contributed by atoms with Crippen LogP contribution in [-0.4, -0.2) is 62.1 Å². The van der Waals surface area contributed by atoms with E-state index in [-0.39, 0.29) is 23.5 Å². The summed E-state index contributed by atoms with van der Waals surface area (Å²) in [6.45, 7) is 6.43.